The molecular weight excluding hydrogens is 188 g/mol. The monoisotopic (exact) mass is 206 g/mol. The molecule has 1 saturated heterocycles. The standard InChI is InChI=1S/C8H18N2O2S/c1-13(11,12)10-7-8-5-3-2-4-6-9-8/h8-10H,2-7H2,1H3. The van der Waals surface area contributed by atoms with Gasteiger partial charge in [-0.3, -0.25) is 0 Å². The molecule has 5 heteroatoms. The highest BCUT2D eigenvalue weighted by molar-refractivity contribution is 7.88. The highest BCUT2D eigenvalue weighted by Crippen LogP contribution is 2.07. The van der Waals surface area contributed by atoms with Crippen LogP contribution in [0, 0.1) is 0 Å². The number of hydrogen-bond donors (Lipinski definition) is 2. The molecule has 0 aromatic heterocycles. The summed E-state index contributed by atoms with van der Waals surface area (Å²) in [6, 6.07) is 0.317. The van der Waals surface area contributed by atoms with Gasteiger partial charge in [-0.2, -0.15) is 0 Å². The van der Waals surface area contributed by atoms with Gasteiger partial charge in [0.25, 0.3) is 0 Å². The molecule has 0 saturated carbocycles. The van der Waals surface area contributed by atoms with Gasteiger partial charge >= 0.3 is 0 Å². The van der Waals surface area contributed by atoms with Crippen molar-refractivity contribution in [2.75, 3.05) is 19.3 Å². The Kier molecular flexibility index (Phi) is 4.15. The molecule has 1 aliphatic rings. The van der Waals surface area contributed by atoms with Crippen molar-refractivity contribution in [2.24, 2.45) is 0 Å². The molecule has 1 unspecified atom stereocenters. The van der Waals surface area contributed by atoms with Crippen molar-refractivity contribution in [2.45, 2.75) is 31.7 Å². The predicted octanol–water partition coefficient (Wildman–Crippen LogP) is 0.0678. The van der Waals surface area contributed by atoms with Crippen molar-refractivity contribution in [1.82, 2.24) is 10.0 Å². The van der Waals surface area contributed by atoms with Crippen LogP contribution in [0.3, 0.4) is 0 Å². The van der Waals surface area contributed by atoms with Gasteiger partial charge in [-0.05, 0) is 19.4 Å². The van der Waals surface area contributed by atoms with Crippen LogP contribution >= 0.6 is 0 Å². The Bertz CT molecular complexity index is 231. The van der Waals surface area contributed by atoms with Gasteiger partial charge in [0.15, 0.2) is 0 Å². The highest BCUT2D eigenvalue weighted by Gasteiger charge is 2.12. The molecule has 0 spiro atoms. The van der Waals surface area contributed by atoms with E-state index in [-0.39, 0.29) is 0 Å². The summed E-state index contributed by atoms with van der Waals surface area (Å²) in [5.74, 6) is 0. The van der Waals surface area contributed by atoms with E-state index in [2.05, 4.69) is 10.0 Å². The second-order valence-electron chi connectivity index (χ2n) is 3.62. The molecule has 4 nitrogen and oxygen atoms in total. The Hall–Kier alpha value is -0.130. The first kappa shape index (κ1) is 10.9. The Morgan fingerprint density at radius 1 is 1.38 bits per heavy atom. The van der Waals surface area contributed by atoms with E-state index >= 15 is 0 Å². The average molecular weight is 206 g/mol. The molecule has 13 heavy (non-hydrogen) atoms. The molecule has 0 bridgehead atoms. The first-order chi connectivity index (χ1) is 6.08. The van der Waals surface area contributed by atoms with Crippen LogP contribution in [0.15, 0.2) is 0 Å². The van der Waals surface area contributed by atoms with Crippen LogP contribution < -0.4 is 10.0 Å². The summed E-state index contributed by atoms with van der Waals surface area (Å²) in [6.07, 6.45) is 5.92. The smallest absolute Gasteiger partial charge is 0.208 e. The molecule has 0 amide bonds. The van der Waals surface area contributed by atoms with Gasteiger partial charge < -0.3 is 5.32 Å². The number of rotatable bonds is 3. The van der Waals surface area contributed by atoms with Gasteiger partial charge in [-0.25, -0.2) is 13.1 Å². The first-order valence-electron chi connectivity index (χ1n) is 4.76. The van der Waals surface area contributed by atoms with Crippen molar-refractivity contribution in [3.05, 3.63) is 0 Å². The van der Waals surface area contributed by atoms with Gasteiger partial charge in [0.05, 0.1) is 6.26 Å². The molecule has 1 heterocycles. The summed E-state index contributed by atoms with van der Waals surface area (Å²) in [4.78, 5) is 0. The minimum absolute atomic E-state index is 0.317. The predicted molar refractivity (Wildman–Crippen MR) is 53.1 cm³/mol. The zero-order chi connectivity index (χ0) is 9.73. The Morgan fingerprint density at radius 3 is 2.85 bits per heavy atom. The fourth-order valence-corrected chi connectivity index (χ4v) is 2.03. The molecule has 2 N–H and O–H groups in total. The van der Waals surface area contributed by atoms with E-state index in [1.165, 1.54) is 25.5 Å². The van der Waals surface area contributed by atoms with Crippen molar-refractivity contribution in [3.8, 4) is 0 Å². The third kappa shape index (κ3) is 5.23. The third-order valence-corrected chi connectivity index (χ3v) is 2.95. The van der Waals surface area contributed by atoms with Gasteiger partial charge in [0.1, 0.15) is 0 Å². The first-order valence-corrected chi connectivity index (χ1v) is 6.65. The highest BCUT2D eigenvalue weighted by atomic mass is 32.2. The van der Waals surface area contributed by atoms with E-state index in [1.807, 2.05) is 0 Å². The van der Waals surface area contributed by atoms with Crippen molar-refractivity contribution in [1.29, 1.82) is 0 Å². The molecule has 1 aliphatic heterocycles. The molecule has 0 aliphatic carbocycles. The summed E-state index contributed by atoms with van der Waals surface area (Å²) < 4.78 is 24.2. The van der Waals surface area contributed by atoms with Gasteiger partial charge in [0.2, 0.25) is 10.0 Å². The van der Waals surface area contributed by atoms with Crippen LogP contribution in [0.1, 0.15) is 25.7 Å². The number of nitrogens with one attached hydrogen (secondary N) is 2. The minimum atomic E-state index is -3.03. The van der Waals surface area contributed by atoms with E-state index in [0.29, 0.717) is 12.6 Å². The van der Waals surface area contributed by atoms with Crippen LogP contribution in [-0.4, -0.2) is 33.8 Å². The second-order valence-corrected chi connectivity index (χ2v) is 5.45. The molecule has 1 fully saturated rings. The zero-order valence-corrected chi connectivity index (χ0v) is 8.86. The fraction of sp³-hybridized carbons (Fsp3) is 1.00. The summed E-state index contributed by atoms with van der Waals surface area (Å²) in [6.45, 7) is 1.54. The summed E-state index contributed by atoms with van der Waals surface area (Å²) in [5.41, 5.74) is 0. The molecule has 78 valence electrons. The number of hydrogen-bond acceptors (Lipinski definition) is 3. The summed E-state index contributed by atoms with van der Waals surface area (Å²) in [5, 5.41) is 3.33. The van der Waals surface area contributed by atoms with E-state index in [1.54, 1.807) is 0 Å². The van der Waals surface area contributed by atoms with E-state index in [0.717, 1.165) is 13.0 Å². The Balaban J connectivity index is 2.27. The van der Waals surface area contributed by atoms with E-state index < -0.39 is 10.0 Å². The zero-order valence-electron chi connectivity index (χ0n) is 8.04. The molecule has 1 rings (SSSR count). The van der Waals surface area contributed by atoms with Crippen LogP contribution in [0.2, 0.25) is 0 Å². The van der Waals surface area contributed by atoms with Gasteiger partial charge in [0, 0.05) is 12.6 Å². The lowest BCUT2D eigenvalue weighted by molar-refractivity contribution is 0.496. The maximum absolute atomic E-state index is 10.8. The minimum Gasteiger partial charge on any atom is -0.313 e. The Morgan fingerprint density at radius 2 is 2.15 bits per heavy atom. The molecule has 0 radical (unpaired) electrons. The topological polar surface area (TPSA) is 58.2 Å². The van der Waals surface area contributed by atoms with Crippen LogP contribution in [0.25, 0.3) is 0 Å². The molecular formula is C8H18N2O2S. The van der Waals surface area contributed by atoms with Crippen LogP contribution in [0.5, 0.6) is 0 Å². The van der Waals surface area contributed by atoms with Crippen molar-refractivity contribution < 1.29 is 8.42 Å². The normalized spacial score (nSPS) is 25.5. The third-order valence-electron chi connectivity index (χ3n) is 2.25. The van der Waals surface area contributed by atoms with E-state index in [4.69, 9.17) is 0 Å². The maximum atomic E-state index is 10.8. The quantitative estimate of drug-likeness (QED) is 0.687. The fourth-order valence-electron chi connectivity index (χ4n) is 1.53. The summed E-state index contributed by atoms with van der Waals surface area (Å²) >= 11 is 0. The van der Waals surface area contributed by atoms with Crippen LogP contribution in [0.4, 0.5) is 0 Å². The van der Waals surface area contributed by atoms with Crippen molar-refractivity contribution >= 4 is 10.0 Å². The Labute approximate surface area is 80.1 Å². The maximum Gasteiger partial charge on any atom is 0.208 e. The van der Waals surface area contributed by atoms with Gasteiger partial charge in [-0.1, -0.05) is 12.8 Å². The SMILES string of the molecule is CS(=O)(=O)NCC1CCCCCN1. The largest absolute Gasteiger partial charge is 0.313 e. The second kappa shape index (κ2) is 4.93. The average Bonchev–Trinajstić information content (AvgIpc) is 2.26. The lowest BCUT2D eigenvalue weighted by Gasteiger charge is -2.15. The lowest BCUT2D eigenvalue weighted by atomic mass is 10.1. The summed E-state index contributed by atoms with van der Waals surface area (Å²) in [7, 11) is -3.03. The van der Waals surface area contributed by atoms with Gasteiger partial charge in [-0.15, -0.1) is 0 Å². The van der Waals surface area contributed by atoms with Crippen LogP contribution in [-0.2, 0) is 10.0 Å². The molecule has 0 aromatic carbocycles. The number of sulfonamides is 1. The van der Waals surface area contributed by atoms with Crippen molar-refractivity contribution in [3.63, 3.8) is 0 Å². The molecule has 1 atom stereocenters. The lowest BCUT2D eigenvalue weighted by Crippen LogP contribution is -2.39. The van der Waals surface area contributed by atoms with E-state index in [9.17, 15) is 8.42 Å². The molecule has 0 aromatic rings.